The molecule has 1 aliphatic rings. The minimum Gasteiger partial charge on any atom is -0.352 e. The number of piperidine rings is 1. The Hall–Kier alpha value is -1.95. The number of carbonyl (C=O) groups is 2. The summed E-state index contributed by atoms with van der Waals surface area (Å²) in [6.45, 7) is 5.58. The smallest absolute Gasteiger partial charge is 0.240 e. The minimum atomic E-state index is -0.149. The van der Waals surface area contributed by atoms with Crippen molar-refractivity contribution in [1.29, 1.82) is 0 Å². The summed E-state index contributed by atoms with van der Waals surface area (Å²) in [6, 6.07) is 3.90. The Kier molecular flexibility index (Phi) is 6.73. The molecule has 0 aliphatic carbocycles. The van der Waals surface area contributed by atoms with Crippen LogP contribution in [0.25, 0.3) is 0 Å². The molecule has 0 radical (unpaired) electrons. The third-order valence-corrected chi connectivity index (χ3v) is 4.24. The molecule has 6 heteroatoms. The molecule has 0 spiro atoms. The quantitative estimate of drug-likeness (QED) is 0.856. The second-order valence-electron chi connectivity index (χ2n) is 6.75. The lowest BCUT2D eigenvalue weighted by atomic mass is 10.00. The van der Waals surface area contributed by atoms with Gasteiger partial charge in [-0.25, -0.2) is 0 Å². The fourth-order valence-corrected chi connectivity index (χ4v) is 3.10. The molecule has 24 heavy (non-hydrogen) atoms. The number of rotatable bonds is 6. The summed E-state index contributed by atoms with van der Waals surface area (Å²) in [5.74, 6) is -0.0833. The van der Waals surface area contributed by atoms with Crippen LogP contribution in [-0.2, 0) is 16.1 Å². The number of carbonyl (C=O) groups excluding carboxylic acids is 2. The van der Waals surface area contributed by atoms with Crippen LogP contribution in [0.1, 0.15) is 38.7 Å². The van der Waals surface area contributed by atoms with Crippen molar-refractivity contribution >= 4 is 11.8 Å². The van der Waals surface area contributed by atoms with Gasteiger partial charge in [0, 0.05) is 32.0 Å². The number of pyridine rings is 1. The van der Waals surface area contributed by atoms with E-state index in [0.717, 1.165) is 37.9 Å². The van der Waals surface area contributed by atoms with Gasteiger partial charge in [0.2, 0.25) is 11.8 Å². The van der Waals surface area contributed by atoms with Crippen LogP contribution in [0.4, 0.5) is 0 Å². The molecule has 0 aromatic carbocycles. The van der Waals surface area contributed by atoms with Gasteiger partial charge in [0.05, 0.1) is 12.6 Å². The van der Waals surface area contributed by atoms with E-state index in [9.17, 15) is 9.59 Å². The van der Waals surface area contributed by atoms with Crippen molar-refractivity contribution < 1.29 is 9.59 Å². The highest BCUT2D eigenvalue weighted by molar-refractivity contribution is 5.87. The van der Waals surface area contributed by atoms with Gasteiger partial charge in [-0.2, -0.15) is 0 Å². The molecule has 1 atom stereocenters. The first kappa shape index (κ1) is 18.4. The summed E-state index contributed by atoms with van der Waals surface area (Å²) in [5.41, 5.74) is 1.16. The molecule has 1 aliphatic heterocycles. The molecule has 0 bridgehead atoms. The normalized spacial score (nSPS) is 18.4. The zero-order valence-electron chi connectivity index (χ0n) is 14.9. The molecule has 2 rings (SSSR count). The molecular weight excluding hydrogens is 304 g/mol. The van der Waals surface area contributed by atoms with Crippen LogP contribution in [0.15, 0.2) is 24.5 Å². The molecule has 0 unspecified atom stereocenters. The number of hydrogen-bond donors (Lipinski definition) is 1. The lowest BCUT2D eigenvalue weighted by Gasteiger charge is -2.36. The van der Waals surface area contributed by atoms with E-state index in [4.69, 9.17) is 0 Å². The highest BCUT2D eigenvalue weighted by Crippen LogP contribution is 2.21. The van der Waals surface area contributed by atoms with Crippen molar-refractivity contribution in [3.8, 4) is 0 Å². The zero-order chi connectivity index (χ0) is 17.5. The molecule has 2 amide bonds. The number of nitrogens with zero attached hydrogens (tertiary/aromatic N) is 3. The van der Waals surface area contributed by atoms with Crippen LogP contribution in [0.2, 0.25) is 0 Å². The molecule has 6 nitrogen and oxygen atoms in total. The summed E-state index contributed by atoms with van der Waals surface area (Å²) < 4.78 is 0. The molecule has 1 fully saturated rings. The maximum atomic E-state index is 12.8. The van der Waals surface area contributed by atoms with Gasteiger partial charge >= 0.3 is 0 Å². The first-order valence-electron chi connectivity index (χ1n) is 8.64. The molecule has 1 aromatic heterocycles. The molecule has 0 saturated carbocycles. The minimum absolute atomic E-state index is 0.0302. The Morgan fingerprint density at radius 1 is 1.33 bits per heavy atom. The molecule has 1 N–H and O–H groups in total. The van der Waals surface area contributed by atoms with Crippen molar-refractivity contribution in [2.45, 2.75) is 51.7 Å². The molecule has 2 heterocycles. The van der Waals surface area contributed by atoms with E-state index in [1.807, 2.05) is 26.0 Å². The Labute approximate surface area is 144 Å². The zero-order valence-corrected chi connectivity index (χ0v) is 14.9. The van der Waals surface area contributed by atoms with Crippen molar-refractivity contribution in [2.75, 3.05) is 20.1 Å². The van der Waals surface area contributed by atoms with Gasteiger partial charge in [-0.05, 0) is 50.9 Å². The number of nitrogens with one attached hydrogen (secondary N) is 1. The Bertz CT molecular complexity index is 547. The second kappa shape index (κ2) is 8.78. The van der Waals surface area contributed by atoms with E-state index < -0.39 is 0 Å². The topological polar surface area (TPSA) is 65.5 Å². The molecule has 132 valence electrons. The van der Waals surface area contributed by atoms with Crippen LogP contribution >= 0.6 is 0 Å². The van der Waals surface area contributed by atoms with E-state index >= 15 is 0 Å². The van der Waals surface area contributed by atoms with Gasteiger partial charge in [0.15, 0.2) is 0 Å². The van der Waals surface area contributed by atoms with Gasteiger partial charge in [0.1, 0.15) is 0 Å². The maximum absolute atomic E-state index is 12.8. The predicted octanol–water partition coefficient (Wildman–Crippen LogP) is 1.42. The van der Waals surface area contributed by atoms with E-state index in [2.05, 4.69) is 15.2 Å². The maximum Gasteiger partial charge on any atom is 0.240 e. The van der Waals surface area contributed by atoms with E-state index in [1.54, 1.807) is 24.3 Å². The lowest BCUT2D eigenvalue weighted by Crippen LogP contribution is -2.51. The summed E-state index contributed by atoms with van der Waals surface area (Å²) in [5, 5.41) is 2.83. The van der Waals surface area contributed by atoms with E-state index in [0.29, 0.717) is 0 Å². The average molecular weight is 332 g/mol. The monoisotopic (exact) mass is 332 g/mol. The van der Waals surface area contributed by atoms with Crippen molar-refractivity contribution in [3.05, 3.63) is 30.1 Å². The second-order valence-corrected chi connectivity index (χ2v) is 6.75. The van der Waals surface area contributed by atoms with Gasteiger partial charge in [-0.1, -0.05) is 6.42 Å². The molecule has 1 saturated heterocycles. The fraction of sp³-hybridized carbons (Fsp3) is 0.611. The van der Waals surface area contributed by atoms with Gasteiger partial charge < -0.3 is 10.2 Å². The predicted molar refractivity (Wildman–Crippen MR) is 93.2 cm³/mol. The van der Waals surface area contributed by atoms with E-state index in [1.165, 1.54) is 0 Å². The van der Waals surface area contributed by atoms with Crippen molar-refractivity contribution in [2.24, 2.45) is 0 Å². The van der Waals surface area contributed by atoms with Gasteiger partial charge in [-0.15, -0.1) is 0 Å². The van der Waals surface area contributed by atoms with Crippen molar-refractivity contribution in [1.82, 2.24) is 20.1 Å². The number of amides is 2. The summed E-state index contributed by atoms with van der Waals surface area (Å²) in [4.78, 5) is 32.5. The average Bonchev–Trinajstić information content (AvgIpc) is 2.55. The van der Waals surface area contributed by atoms with Gasteiger partial charge in [0.25, 0.3) is 0 Å². The third-order valence-electron chi connectivity index (χ3n) is 4.24. The number of hydrogen-bond acceptors (Lipinski definition) is 4. The Morgan fingerprint density at radius 3 is 2.71 bits per heavy atom. The Balaban J connectivity index is 1.98. The molecule has 1 aromatic rings. The fourth-order valence-electron chi connectivity index (χ4n) is 3.10. The molecular formula is C18H28N4O2. The summed E-state index contributed by atoms with van der Waals surface area (Å²) >= 11 is 0. The van der Waals surface area contributed by atoms with Crippen LogP contribution in [0, 0.1) is 0 Å². The van der Waals surface area contributed by atoms with Crippen LogP contribution in [0.5, 0.6) is 0 Å². The first-order chi connectivity index (χ1) is 11.5. The SMILES string of the molecule is CC(C)NC(=O)CN(C)C(=O)[C@@H]1CCCCN1Cc1ccncc1. The van der Waals surface area contributed by atoms with Crippen molar-refractivity contribution in [3.63, 3.8) is 0 Å². The standard InChI is InChI=1S/C18H28N4O2/c1-14(2)20-17(23)13-21(3)18(24)16-6-4-5-11-22(16)12-15-7-9-19-10-8-15/h7-10,14,16H,4-6,11-13H2,1-3H3,(H,20,23)/t16-/m0/s1. The number of likely N-dealkylation sites (N-methyl/N-ethyl adjacent to an activating group) is 1. The Morgan fingerprint density at radius 2 is 2.04 bits per heavy atom. The first-order valence-corrected chi connectivity index (χ1v) is 8.64. The summed E-state index contributed by atoms with van der Waals surface area (Å²) in [7, 11) is 1.71. The van der Waals surface area contributed by atoms with E-state index in [-0.39, 0.29) is 30.4 Å². The highest BCUT2D eigenvalue weighted by Gasteiger charge is 2.31. The lowest BCUT2D eigenvalue weighted by molar-refractivity contribution is -0.140. The third kappa shape index (κ3) is 5.30. The number of likely N-dealkylation sites (tertiary alicyclic amines) is 1. The van der Waals surface area contributed by atoms with Crippen LogP contribution in [0.3, 0.4) is 0 Å². The van der Waals surface area contributed by atoms with Crippen LogP contribution in [-0.4, -0.2) is 58.8 Å². The highest BCUT2D eigenvalue weighted by atomic mass is 16.2. The van der Waals surface area contributed by atoms with Crippen LogP contribution < -0.4 is 5.32 Å². The summed E-state index contributed by atoms with van der Waals surface area (Å²) in [6.07, 6.45) is 6.55. The van der Waals surface area contributed by atoms with Gasteiger partial charge in [-0.3, -0.25) is 19.5 Å². The number of aromatic nitrogens is 1. The largest absolute Gasteiger partial charge is 0.352 e.